The number of hydrogen-bond donors (Lipinski definition) is 0. The standard InChI is InChI=1S/C8H6S8/c1-3-5-6(10-13-9-5)4(2)8-7(3)11-14-16-15-12-8/h1-2H3. The Morgan fingerprint density at radius 2 is 0.875 bits per heavy atom. The highest BCUT2D eigenvalue weighted by Crippen LogP contribution is 2.44. The highest BCUT2D eigenvalue weighted by Gasteiger charge is 2.11. The molecule has 2 heterocycles. The predicted octanol–water partition coefficient (Wildman–Crippen LogP) is 7.35. The van der Waals surface area contributed by atoms with Crippen LogP contribution in [-0.2, 0) is 0 Å². The third kappa shape index (κ3) is 1.93. The van der Waals surface area contributed by atoms with Crippen LogP contribution in [-0.4, -0.2) is 0 Å². The summed E-state index contributed by atoms with van der Waals surface area (Å²) in [6, 6.07) is 0. The summed E-state index contributed by atoms with van der Waals surface area (Å²) in [5.41, 5.74) is 2.96. The Labute approximate surface area is 121 Å². The Balaban J connectivity index is 2.69. The number of aryl methyl sites for hydroxylation is 2. The largest absolute Gasteiger partial charge is 0.0680 e. The van der Waals surface area contributed by atoms with E-state index in [1.54, 1.807) is 0 Å². The Morgan fingerprint density at radius 3 is 1.31 bits per heavy atom. The lowest BCUT2D eigenvalue weighted by molar-refractivity contribution is 1.60. The van der Waals surface area contributed by atoms with E-state index in [1.165, 1.54) is 29.9 Å². The minimum atomic E-state index is 1.48. The van der Waals surface area contributed by atoms with E-state index in [4.69, 9.17) is 0 Å². The van der Waals surface area contributed by atoms with Crippen LogP contribution in [0.4, 0.5) is 0 Å². The minimum Gasteiger partial charge on any atom is -0.0680 e. The van der Waals surface area contributed by atoms with Crippen molar-refractivity contribution in [3.05, 3.63) is 11.1 Å². The van der Waals surface area contributed by atoms with E-state index in [-0.39, 0.29) is 0 Å². The molecular weight excluding hydrogens is 353 g/mol. The average molecular weight is 359 g/mol. The predicted molar refractivity (Wildman–Crippen MR) is 89.2 cm³/mol. The molecule has 0 aliphatic carbocycles. The number of benzene rings is 1. The van der Waals surface area contributed by atoms with Crippen LogP contribution in [0.3, 0.4) is 0 Å². The third-order valence-electron chi connectivity index (χ3n) is 2.30. The monoisotopic (exact) mass is 358 g/mol. The molecule has 0 saturated heterocycles. The molecule has 0 spiro atoms. The van der Waals surface area contributed by atoms with E-state index in [2.05, 4.69) is 13.8 Å². The second-order valence-electron chi connectivity index (χ2n) is 3.17. The molecular formula is C8H6S8. The second-order valence-corrected chi connectivity index (χ2v) is 14.5. The summed E-state index contributed by atoms with van der Waals surface area (Å²) in [5.74, 6) is 0. The van der Waals surface area contributed by atoms with Crippen molar-refractivity contribution in [1.29, 1.82) is 0 Å². The molecule has 8 heteroatoms. The molecule has 1 aromatic carbocycles. The van der Waals surface area contributed by atoms with Crippen molar-refractivity contribution in [2.24, 2.45) is 0 Å². The maximum absolute atomic E-state index is 2.27. The highest BCUT2D eigenvalue weighted by molar-refractivity contribution is 8.15. The van der Waals surface area contributed by atoms with Crippen LogP contribution in [0.1, 0.15) is 11.1 Å². The van der Waals surface area contributed by atoms with Gasteiger partial charge in [0.05, 0.1) is 18.8 Å². The van der Waals surface area contributed by atoms with Crippen LogP contribution in [0.2, 0.25) is 0 Å². The fourth-order valence-electron chi connectivity index (χ4n) is 1.48. The first-order chi connectivity index (χ1) is 7.79. The van der Waals surface area contributed by atoms with Gasteiger partial charge in [0, 0.05) is 0 Å². The SMILES string of the molecule is Cc1c2sssssc2c(C)c2sssc12. The maximum atomic E-state index is 2.27. The van der Waals surface area contributed by atoms with Crippen LogP contribution in [0.5, 0.6) is 0 Å². The van der Waals surface area contributed by atoms with Crippen molar-refractivity contribution < 1.29 is 0 Å². The minimum absolute atomic E-state index is 1.48. The lowest BCUT2D eigenvalue weighted by Gasteiger charge is -2.02. The maximum Gasteiger partial charge on any atom is 0.0613 e. The lowest BCUT2D eigenvalue weighted by atomic mass is 10.2. The van der Waals surface area contributed by atoms with E-state index < -0.39 is 0 Å². The summed E-state index contributed by atoms with van der Waals surface area (Å²) in [5, 5.41) is 0. The molecule has 86 valence electrons. The molecule has 0 radical (unpaired) electrons. The van der Waals surface area contributed by atoms with Crippen molar-refractivity contribution in [2.75, 3.05) is 0 Å². The van der Waals surface area contributed by atoms with Gasteiger partial charge in [-0.2, -0.15) is 0 Å². The van der Waals surface area contributed by atoms with Gasteiger partial charge in [-0.05, 0) is 62.4 Å². The van der Waals surface area contributed by atoms with Gasteiger partial charge in [-0.15, -0.1) is 0 Å². The zero-order valence-corrected chi connectivity index (χ0v) is 14.8. The smallest absolute Gasteiger partial charge is 0.0613 e. The molecule has 0 aliphatic rings. The molecule has 2 aromatic heterocycles. The number of hydrogen-bond acceptors (Lipinski definition) is 8. The van der Waals surface area contributed by atoms with Crippen LogP contribution in [0.25, 0.3) is 18.8 Å². The molecule has 0 bridgehead atoms. The van der Waals surface area contributed by atoms with Gasteiger partial charge in [-0.3, -0.25) is 0 Å². The van der Waals surface area contributed by atoms with E-state index >= 15 is 0 Å². The number of rotatable bonds is 0. The first-order valence-electron chi connectivity index (χ1n) is 4.32. The van der Waals surface area contributed by atoms with Gasteiger partial charge in [0.1, 0.15) is 0 Å². The molecule has 0 saturated carbocycles. The molecule has 0 aliphatic heterocycles. The lowest BCUT2D eigenvalue weighted by Crippen LogP contribution is -1.78. The Bertz CT molecular complexity index is 638. The van der Waals surface area contributed by atoms with E-state index in [0.717, 1.165) is 0 Å². The molecule has 0 nitrogen and oxygen atoms in total. The van der Waals surface area contributed by atoms with Gasteiger partial charge >= 0.3 is 0 Å². The normalized spacial score (nSPS) is 11.1. The fourth-order valence-corrected chi connectivity index (χ4v) is 16.0. The Kier molecular flexibility index (Phi) is 3.71. The van der Waals surface area contributed by atoms with Gasteiger partial charge < -0.3 is 0 Å². The van der Waals surface area contributed by atoms with Crippen molar-refractivity contribution in [2.45, 2.75) is 13.8 Å². The quantitative estimate of drug-likeness (QED) is 0.368. The summed E-state index contributed by atoms with van der Waals surface area (Å²) < 4.78 is 5.97. The van der Waals surface area contributed by atoms with Gasteiger partial charge in [0.2, 0.25) is 0 Å². The van der Waals surface area contributed by atoms with E-state index in [9.17, 15) is 0 Å². The first kappa shape index (κ1) is 12.0. The molecule has 16 heavy (non-hydrogen) atoms. The molecule has 3 rings (SSSR count). The number of fused-ring (bicyclic) bond motifs is 2. The molecule has 3 aromatic rings. The topological polar surface area (TPSA) is 0 Å². The molecule has 0 atom stereocenters. The van der Waals surface area contributed by atoms with Gasteiger partial charge in [-0.1, -0.05) is 41.4 Å². The average Bonchev–Trinajstić information content (AvgIpc) is 2.64. The summed E-state index contributed by atoms with van der Waals surface area (Å²) in [6.07, 6.45) is 0. The van der Waals surface area contributed by atoms with Crippen molar-refractivity contribution >= 4 is 97.5 Å². The van der Waals surface area contributed by atoms with Crippen LogP contribution in [0, 0.1) is 13.8 Å². The zero-order valence-electron chi connectivity index (χ0n) is 8.27. The first-order valence-corrected chi connectivity index (χ1v) is 13.9. The summed E-state index contributed by atoms with van der Waals surface area (Å²) in [4.78, 5) is 0. The summed E-state index contributed by atoms with van der Waals surface area (Å²) in [6.45, 7) is 4.54. The van der Waals surface area contributed by atoms with E-state index in [0.29, 0.717) is 0 Å². The van der Waals surface area contributed by atoms with E-state index in [1.807, 2.05) is 78.7 Å². The van der Waals surface area contributed by atoms with Crippen LogP contribution >= 0.6 is 78.7 Å². The molecule has 0 unspecified atom stereocenters. The molecule has 0 fully saturated rings. The van der Waals surface area contributed by atoms with Crippen molar-refractivity contribution in [3.8, 4) is 0 Å². The summed E-state index contributed by atoms with van der Waals surface area (Å²) in [7, 11) is 15.2. The Hall–Kier alpha value is 0.980. The molecule has 0 N–H and O–H groups in total. The van der Waals surface area contributed by atoms with Crippen molar-refractivity contribution in [3.63, 3.8) is 0 Å². The van der Waals surface area contributed by atoms with Crippen molar-refractivity contribution in [1.82, 2.24) is 0 Å². The van der Waals surface area contributed by atoms with Crippen LogP contribution in [0.15, 0.2) is 0 Å². The summed E-state index contributed by atoms with van der Waals surface area (Å²) >= 11 is 0. The van der Waals surface area contributed by atoms with Gasteiger partial charge in [0.15, 0.2) is 0 Å². The molecule has 0 amide bonds. The van der Waals surface area contributed by atoms with Gasteiger partial charge in [-0.25, -0.2) is 0 Å². The second kappa shape index (κ2) is 4.93. The highest BCUT2D eigenvalue weighted by atomic mass is 33.5. The fraction of sp³-hybridized carbons (Fsp3) is 0.250. The van der Waals surface area contributed by atoms with Gasteiger partial charge in [0.25, 0.3) is 0 Å². The third-order valence-corrected chi connectivity index (χ3v) is 15.2. The Morgan fingerprint density at radius 1 is 0.500 bits per heavy atom. The zero-order chi connectivity index (χ0) is 11.1. The van der Waals surface area contributed by atoms with Crippen LogP contribution < -0.4 is 0 Å².